The van der Waals surface area contributed by atoms with E-state index in [1.165, 1.54) is 9.78 Å². The predicted molar refractivity (Wildman–Crippen MR) is 275 cm³/mol. The summed E-state index contributed by atoms with van der Waals surface area (Å²) < 4.78 is 8.28. The first kappa shape index (κ1) is 50.5. The molecule has 1 saturated carbocycles. The smallest absolute Gasteiger partial charge is 0.253 e. The molecule has 9 rings (SSSR count). The third-order valence-corrected chi connectivity index (χ3v) is 15.7. The number of aliphatic imine (C=N–C) groups is 1. The Hall–Kier alpha value is -6.43. The normalized spacial score (nSPS) is 21.2. The maximum Gasteiger partial charge on any atom is 0.253 e. The van der Waals surface area contributed by atoms with Crippen LogP contribution in [-0.4, -0.2) is 115 Å². The van der Waals surface area contributed by atoms with Crippen LogP contribution in [0.3, 0.4) is 0 Å². The molecule has 5 heterocycles. The number of carbonyl (C=O) groups excluding carboxylic acids is 5. The van der Waals surface area contributed by atoms with E-state index in [0.29, 0.717) is 40.6 Å². The Morgan fingerprint density at radius 3 is 2.24 bits per heavy atom. The fraction of sp³-hybridized carbons (Fsp3) is 0.444. The molecule has 5 aromatic rings. The summed E-state index contributed by atoms with van der Waals surface area (Å²) in [5.74, 6) is 0.592. The summed E-state index contributed by atoms with van der Waals surface area (Å²) in [4.78, 5) is 77.4. The fourth-order valence-corrected chi connectivity index (χ4v) is 11.1. The highest BCUT2D eigenvalue weighted by Crippen LogP contribution is 2.40. The van der Waals surface area contributed by atoms with Gasteiger partial charge in [0.05, 0.1) is 30.7 Å². The number of aliphatic hydroxyl groups is 1. The van der Waals surface area contributed by atoms with Crippen LogP contribution in [0.5, 0.6) is 5.75 Å². The number of nitrogens with zero attached hydrogens (tertiary/aromatic N) is 6. The molecule has 2 aromatic heterocycles. The average molecular weight is 1020 g/mol. The lowest BCUT2D eigenvalue weighted by molar-refractivity contribution is -0.144. The van der Waals surface area contributed by atoms with Crippen LogP contribution in [-0.2, 0) is 25.6 Å². The van der Waals surface area contributed by atoms with Crippen molar-refractivity contribution < 1.29 is 33.8 Å². The molecule has 2 saturated heterocycles. The van der Waals surface area contributed by atoms with E-state index >= 15 is 0 Å². The molecule has 3 aromatic carbocycles. The number of benzene rings is 3. The number of nitrogens with one attached hydrogen (secondary N) is 3. The Bertz CT molecular complexity index is 2900. The van der Waals surface area contributed by atoms with Crippen LogP contribution in [0.1, 0.15) is 127 Å². The second-order valence-corrected chi connectivity index (χ2v) is 22.3. The summed E-state index contributed by atoms with van der Waals surface area (Å²) in [7, 11) is 0. The number of β-amino-alcohol motifs (C(OH)–C–C–N with tert-alkyl or cyclic N) is 1. The molecule has 5 atom stereocenters. The van der Waals surface area contributed by atoms with Crippen LogP contribution in [0.15, 0.2) is 77.8 Å². The second kappa shape index (κ2) is 20.6. The Morgan fingerprint density at radius 1 is 0.889 bits per heavy atom. The first-order chi connectivity index (χ1) is 34.3. The van der Waals surface area contributed by atoms with E-state index in [-0.39, 0.29) is 55.7 Å². The van der Waals surface area contributed by atoms with Crippen molar-refractivity contribution in [2.24, 2.45) is 10.4 Å². The van der Waals surface area contributed by atoms with E-state index in [0.717, 1.165) is 58.3 Å². The minimum atomic E-state index is -0.979. The Kier molecular flexibility index (Phi) is 14.4. The van der Waals surface area contributed by atoms with Gasteiger partial charge in [0.15, 0.2) is 5.82 Å². The van der Waals surface area contributed by atoms with E-state index < -0.39 is 47.5 Å². The van der Waals surface area contributed by atoms with Gasteiger partial charge in [-0.1, -0.05) is 68.8 Å². The minimum absolute atomic E-state index is 0.000269. The first-order valence-electron chi connectivity index (χ1n) is 24.7. The molecular formula is C54H62ClN9O7S. The monoisotopic (exact) mass is 1020 g/mol. The quantitative estimate of drug-likeness (QED) is 0.0938. The van der Waals surface area contributed by atoms with Gasteiger partial charge in [0, 0.05) is 71.5 Å². The molecule has 0 bridgehead atoms. The van der Waals surface area contributed by atoms with Gasteiger partial charge >= 0.3 is 0 Å². The zero-order valence-electron chi connectivity index (χ0n) is 41.7. The lowest BCUT2D eigenvalue weighted by atomic mass is 9.85. The van der Waals surface area contributed by atoms with Gasteiger partial charge in [-0.2, -0.15) is 0 Å². The fourth-order valence-electron chi connectivity index (χ4n) is 9.78. The topological polar surface area (TPSA) is 200 Å². The molecule has 1 aliphatic carbocycles. The van der Waals surface area contributed by atoms with E-state index in [1.807, 2.05) is 87.7 Å². The van der Waals surface area contributed by atoms with Gasteiger partial charge in [0.1, 0.15) is 40.8 Å². The lowest BCUT2D eigenvalue weighted by Crippen LogP contribution is -2.58. The molecule has 18 heteroatoms. The molecule has 0 unspecified atom stereocenters. The Labute approximate surface area is 428 Å². The summed E-state index contributed by atoms with van der Waals surface area (Å²) in [6, 6.07) is 19.0. The summed E-state index contributed by atoms with van der Waals surface area (Å²) in [6.45, 7) is 14.9. The number of hydrogen-bond donors (Lipinski definition) is 4. The van der Waals surface area contributed by atoms with Crippen molar-refractivity contribution in [2.45, 2.75) is 129 Å². The molecule has 4 aliphatic rings. The number of carbonyl (C=O) groups is 5. The SMILES string of the molecule is Cc1sc2c(c1C)C(c1ccc(Cl)cc1)=N[C@@H](CC(=O)NC1CC(Oc3ccc(CC(=O)N[C@H](C(=O)N4C[C@H](O)C[C@H]4C(=O)N[C@@H](C)c4ccc(C(=O)N5CCC5)cc4)C(C)(C)C)cc3)C1)c1nnc(C)n1-2. The third kappa shape index (κ3) is 10.7. The zero-order chi connectivity index (χ0) is 51.2. The van der Waals surface area contributed by atoms with Gasteiger partial charge < -0.3 is 35.6 Å². The number of amides is 5. The highest BCUT2D eigenvalue weighted by atomic mass is 35.5. The standard InChI is InChI=1S/C54H62ClN9O7S/c1-29-31(3)72-53-46(29)47(35-15-17-37(55)18-16-35)58-42(49-61-60-32(4)64(49)53)27-45(67)57-38-24-41(25-38)71-40-19-9-33(10-20-40)23-44(66)59-48(54(5,6)7)52(70)63-28-39(65)26-43(63)50(68)56-30(2)34-11-13-36(14-12-34)51(69)62-21-8-22-62/h9-20,30,38-39,41-43,48,65H,8,21-28H2,1-7H3,(H,56,68)(H,57,67)(H,59,66)/t30-,38?,39+,41?,42-,43-,48+/m0/s1. The van der Waals surface area contributed by atoms with Crippen LogP contribution in [0.25, 0.3) is 5.00 Å². The summed E-state index contributed by atoms with van der Waals surface area (Å²) in [6.07, 6.45) is 1.38. The third-order valence-electron chi connectivity index (χ3n) is 14.2. The predicted octanol–water partition coefficient (Wildman–Crippen LogP) is 6.67. The number of halogens is 1. The minimum Gasteiger partial charge on any atom is -0.490 e. The van der Waals surface area contributed by atoms with Gasteiger partial charge in [0.2, 0.25) is 23.6 Å². The van der Waals surface area contributed by atoms with Crippen molar-refractivity contribution in [1.29, 1.82) is 0 Å². The highest BCUT2D eigenvalue weighted by Gasteiger charge is 2.45. The zero-order valence-corrected chi connectivity index (χ0v) is 43.3. The van der Waals surface area contributed by atoms with Crippen LogP contribution < -0.4 is 20.7 Å². The van der Waals surface area contributed by atoms with E-state index in [1.54, 1.807) is 40.5 Å². The largest absolute Gasteiger partial charge is 0.490 e. The lowest BCUT2D eigenvalue weighted by Gasteiger charge is -2.36. The summed E-state index contributed by atoms with van der Waals surface area (Å²) >= 11 is 7.93. The number of rotatable bonds is 14. The van der Waals surface area contributed by atoms with E-state index in [9.17, 15) is 29.1 Å². The maximum absolute atomic E-state index is 14.2. The first-order valence-corrected chi connectivity index (χ1v) is 25.9. The number of aliphatic hydroxyl groups excluding tert-OH is 1. The van der Waals surface area contributed by atoms with Crippen LogP contribution in [0, 0.1) is 26.2 Å². The molecule has 72 heavy (non-hydrogen) atoms. The van der Waals surface area contributed by atoms with Gasteiger partial charge in [-0.15, -0.1) is 21.5 Å². The van der Waals surface area contributed by atoms with Crippen LogP contribution in [0.4, 0.5) is 0 Å². The van der Waals surface area contributed by atoms with Gasteiger partial charge in [0.25, 0.3) is 5.91 Å². The van der Waals surface area contributed by atoms with Gasteiger partial charge in [-0.3, -0.25) is 33.5 Å². The van der Waals surface area contributed by atoms with Crippen LogP contribution >= 0.6 is 22.9 Å². The molecular weight excluding hydrogens is 954 g/mol. The van der Waals surface area contributed by atoms with E-state index in [2.05, 4.69) is 40.0 Å². The molecule has 4 N–H and O–H groups in total. The molecule has 0 radical (unpaired) electrons. The molecule has 5 amide bonds. The number of aromatic nitrogens is 3. The van der Waals surface area contributed by atoms with Crippen molar-refractivity contribution >= 4 is 58.2 Å². The molecule has 16 nitrogen and oxygen atoms in total. The summed E-state index contributed by atoms with van der Waals surface area (Å²) in [5.41, 5.74) is 5.19. The van der Waals surface area contributed by atoms with Crippen molar-refractivity contribution in [2.75, 3.05) is 19.6 Å². The summed E-state index contributed by atoms with van der Waals surface area (Å²) in [5, 5.41) is 30.3. The van der Waals surface area contributed by atoms with Gasteiger partial charge in [-0.05, 0) is 92.6 Å². The number of ether oxygens (including phenoxy) is 1. The second-order valence-electron chi connectivity index (χ2n) is 20.7. The van der Waals surface area contributed by atoms with Gasteiger partial charge in [-0.25, -0.2) is 0 Å². The number of thiophene rings is 1. The molecule has 3 fully saturated rings. The molecule has 378 valence electrons. The van der Waals surface area contributed by atoms with E-state index in [4.69, 9.17) is 21.3 Å². The Balaban J connectivity index is 0.764. The van der Waals surface area contributed by atoms with Crippen molar-refractivity contribution in [3.8, 4) is 10.8 Å². The molecule has 0 spiro atoms. The average Bonchev–Trinajstić information content (AvgIpc) is 3.96. The van der Waals surface area contributed by atoms with Crippen molar-refractivity contribution in [1.82, 2.24) is 40.5 Å². The number of likely N-dealkylation sites (tertiary alicyclic amines) is 2. The number of aryl methyl sites for hydroxylation is 2. The van der Waals surface area contributed by atoms with Crippen molar-refractivity contribution in [3.63, 3.8) is 0 Å². The Morgan fingerprint density at radius 2 is 1.58 bits per heavy atom. The van der Waals surface area contributed by atoms with Crippen molar-refractivity contribution in [3.05, 3.63) is 128 Å². The maximum atomic E-state index is 14.2. The molecule has 3 aliphatic heterocycles. The van der Waals surface area contributed by atoms with Crippen LogP contribution in [0.2, 0.25) is 5.02 Å². The number of fused-ring (bicyclic) bond motifs is 3. The highest BCUT2D eigenvalue weighted by molar-refractivity contribution is 7.15. The number of hydrogen-bond acceptors (Lipinski definition) is 11.